The third-order valence-corrected chi connectivity index (χ3v) is 8.62. The van der Waals surface area contributed by atoms with E-state index >= 15 is 0 Å². The molecule has 2 fully saturated rings. The Morgan fingerprint density at radius 3 is 2.64 bits per heavy atom. The van der Waals surface area contributed by atoms with Crippen molar-refractivity contribution in [3.05, 3.63) is 35.9 Å². The Balaban J connectivity index is 1.86. The molecule has 1 aromatic rings. The predicted octanol–water partition coefficient (Wildman–Crippen LogP) is 1.64. The summed E-state index contributed by atoms with van der Waals surface area (Å²) in [4.78, 5) is 30.2. The first-order chi connectivity index (χ1) is 15.7. The van der Waals surface area contributed by atoms with E-state index in [4.69, 9.17) is 14.2 Å². The number of fused-ring (bicyclic) bond motifs is 1. The van der Waals surface area contributed by atoms with E-state index < -0.39 is 40.5 Å². The van der Waals surface area contributed by atoms with Crippen molar-refractivity contribution in [3.8, 4) is 5.75 Å². The van der Waals surface area contributed by atoms with Gasteiger partial charge in [0.05, 0.1) is 20.3 Å². The van der Waals surface area contributed by atoms with Crippen molar-refractivity contribution in [2.24, 2.45) is 5.41 Å². The molecule has 1 N–H and O–H groups in total. The fourth-order valence-corrected chi connectivity index (χ4v) is 7.68. The number of anilines is 1. The van der Waals surface area contributed by atoms with Gasteiger partial charge in [-0.2, -0.15) is 0 Å². The van der Waals surface area contributed by atoms with Crippen LogP contribution in [-0.4, -0.2) is 80.1 Å². The van der Waals surface area contributed by atoms with Gasteiger partial charge in [-0.3, -0.25) is 9.69 Å². The summed E-state index contributed by atoms with van der Waals surface area (Å²) in [6, 6.07) is 5.22. The molecule has 8 heteroatoms. The third-order valence-electron chi connectivity index (χ3n) is 8.62. The molecular formula is C25H32N2O6. The SMILES string of the molecule is CCC12C=CCN3CCC4(c5ccc(OC)cc5N(C)C4C(O)(C(=O)OC)C1OC(C)=O)C32. The fraction of sp³-hybridized carbons (Fsp3) is 0.600. The number of methoxy groups -OCH3 is 2. The van der Waals surface area contributed by atoms with Crippen LogP contribution in [-0.2, 0) is 24.5 Å². The predicted molar refractivity (Wildman–Crippen MR) is 121 cm³/mol. The Labute approximate surface area is 194 Å². The molecule has 3 heterocycles. The van der Waals surface area contributed by atoms with E-state index in [2.05, 4.69) is 23.1 Å². The van der Waals surface area contributed by atoms with Crippen molar-refractivity contribution < 1.29 is 28.9 Å². The van der Waals surface area contributed by atoms with Gasteiger partial charge in [-0.25, -0.2) is 4.79 Å². The Hall–Kier alpha value is -2.58. The van der Waals surface area contributed by atoms with E-state index in [1.54, 1.807) is 7.11 Å². The third kappa shape index (κ3) is 2.48. The summed E-state index contributed by atoms with van der Waals surface area (Å²) < 4.78 is 16.6. The molecular weight excluding hydrogens is 424 g/mol. The summed E-state index contributed by atoms with van der Waals surface area (Å²) in [7, 11) is 4.77. The van der Waals surface area contributed by atoms with Crippen LogP contribution in [0.1, 0.15) is 32.3 Å². The second-order valence-electron chi connectivity index (χ2n) is 9.76. The van der Waals surface area contributed by atoms with Crippen LogP contribution in [0.5, 0.6) is 5.75 Å². The van der Waals surface area contributed by atoms with Gasteiger partial charge in [-0.1, -0.05) is 25.1 Å². The first-order valence-corrected chi connectivity index (χ1v) is 11.5. The maximum Gasteiger partial charge on any atom is 0.344 e. The van der Waals surface area contributed by atoms with Crippen LogP contribution in [0.25, 0.3) is 0 Å². The van der Waals surface area contributed by atoms with E-state index in [0.29, 0.717) is 12.2 Å². The number of hydrogen-bond donors (Lipinski definition) is 1. The molecule has 8 nitrogen and oxygen atoms in total. The number of hydrogen-bond acceptors (Lipinski definition) is 8. The van der Waals surface area contributed by atoms with Crippen LogP contribution in [0, 0.1) is 5.41 Å². The summed E-state index contributed by atoms with van der Waals surface area (Å²) in [5.74, 6) is -0.617. The molecule has 178 valence electrons. The molecule has 33 heavy (non-hydrogen) atoms. The molecule has 1 saturated heterocycles. The zero-order chi connectivity index (χ0) is 23.8. The highest BCUT2D eigenvalue weighted by Crippen LogP contribution is 2.67. The number of esters is 2. The summed E-state index contributed by atoms with van der Waals surface area (Å²) in [5.41, 5.74) is -1.41. The van der Waals surface area contributed by atoms with Crippen molar-refractivity contribution in [2.75, 3.05) is 39.3 Å². The van der Waals surface area contributed by atoms with Gasteiger partial charge in [0.2, 0.25) is 5.60 Å². The first kappa shape index (κ1) is 22.2. The highest BCUT2D eigenvalue weighted by Gasteiger charge is 2.80. The number of likely N-dealkylation sites (N-methyl/N-ethyl adjacent to an activating group) is 1. The fourth-order valence-electron chi connectivity index (χ4n) is 7.68. The molecule has 3 aliphatic heterocycles. The largest absolute Gasteiger partial charge is 0.497 e. The minimum atomic E-state index is -2.08. The second-order valence-corrected chi connectivity index (χ2v) is 9.76. The van der Waals surface area contributed by atoms with E-state index in [9.17, 15) is 14.7 Å². The standard InChI is InChI=1S/C25H32N2O6/c1-6-23-10-7-12-27-13-11-24(19(23)27)17-9-8-16(31-4)14-18(17)26(3)20(24)25(30,22(29)32-5)21(23)33-15(2)28/h7-10,14,19-21,30H,6,11-13H2,1-5H3. The van der Waals surface area contributed by atoms with Gasteiger partial charge in [-0.15, -0.1) is 0 Å². The molecule has 6 atom stereocenters. The highest BCUT2D eigenvalue weighted by molar-refractivity contribution is 5.87. The first-order valence-electron chi connectivity index (χ1n) is 11.5. The van der Waals surface area contributed by atoms with Crippen molar-refractivity contribution in [1.29, 1.82) is 0 Å². The lowest BCUT2D eigenvalue weighted by Gasteiger charge is -2.63. The van der Waals surface area contributed by atoms with Gasteiger partial charge in [0, 0.05) is 49.1 Å². The van der Waals surface area contributed by atoms with E-state index in [0.717, 1.165) is 30.8 Å². The summed E-state index contributed by atoms with van der Waals surface area (Å²) in [6.07, 6.45) is 4.40. The molecule has 1 saturated carbocycles. The van der Waals surface area contributed by atoms with Gasteiger partial charge in [0.25, 0.3) is 0 Å². The molecule has 0 bridgehead atoms. The normalized spacial score (nSPS) is 38.4. The number of rotatable bonds is 4. The zero-order valence-electron chi connectivity index (χ0n) is 19.8. The van der Waals surface area contributed by atoms with Crippen molar-refractivity contribution in [3.63, 3.8) is 0 Å². The maximum atomic E-state index is 13.5. The Morgan fingerprint density at radius 2 is 2.00 bits per heavy atom. The minimum absolute atomic E-state index is 0.0589. The quantitative estimate of drug-likeness (QED) is 0.541. The summed E-state index contributed by atoms with van der Waals surface area (Å²) in [6.45, 7) is 4.94. The van der Waals surface area contributed by atoms with Crippen LogP contribution in [0.3, 0.4) is 0 Å². The van der Waals surface area contributed by atoms with Crippen molar-refractivity contribution >= 4 is 17.6 Å². The Morgan fingerprint density at radius 1 is 1.24 bits per heavy atom. The van der Waals surface area contributed by atoms with E-state index in [1.807, 2.05) is 31.0 Å². The Bertz CT molecular complexity index is 1040. The van der Waals surface area contributed by atoms with Crippen molar-refractivity contribution in [1.82, 2.24) is 4.90 Å². The average Bonchev–Trinajstić information content (AvgIpc) is 3.32. The monoisotopic (exact) mass is 456 g/mol. The molecule has 6 unspecified atom stereocenters. The summed E-state index contributed by atoms with van der Waals surface area (Å²) in [5, 5.41) is 12.5. The smallest absolute Gasteiger partial charge is 0.344 e. The van der Waals surface area contributed by atoms with E-state index in [1.165, 1.54) is 14.0 Å². The molecule has 0 amide bonds. The van der Waals surface area contributed by atoms with Crippen LogP contribution in [0.15, 0.2) is 30.4 Å². The number of aliphatic hydroxyl groups is 1. The topological polar surface area (TPSA) is 88.5 Å². The number of ether oxygens (including phenoxy) is 3. The van der Waals surface area contributed by atoms with Gasteiger partial charge in [0.15, 0.2) is 6.10 Å². The molecule has 1 aromatic carbocycles. The zero-order valence-corrected chi connectivity index (χ0v) is 19.8. The van der Waals surface area contributed by atoms with Crippen LogP contribution in [0.4, 0.5) is 5.69 Å². The molecule has 0 aromatic heterocycles. The number of nitrogens with zero attached hydrogens (tertiary/aromatic N) is 2. The lowest BCUT2D eigenvalue weighted by molar-refractivity contribution is -0.228. The van der Waals surface area contributed by atoms with E-state index in [-0.39, 0.29) is 6.04 Å². The number of benzene rings is 1. The van der Waals surface area contributed by atoms with Gasteiger partial charge in [0.1, 0.15) is 5.75 Å². The summed E-state index contributed by atoms with van der Waals surface area (Å²) >= 11 is 0. The number of carbonyl (C=O) groups is 2. The lowest BCUT2D eigenvalue weighted by atomic mass is 9.47. The second kappa shape index (κ2) is 7.21. The molecule has 5 rings (SSSR count). The van der Waals surface area contributed by atoms with Gasteiger partial charge < -0.3 is 24.2 Å². The highest BCUT2D eigenvalue weighted by atomic mass is 16.6. The minimum Gasteiger partial charge on any atom is -0.497 e. The van der Waals surface area contributed by atoms with Crippen LogP contribution < -0.4 is 9.64 Å². The molecule has 1 spiro atoms. The maximum absolute atomic E-state index is 13.5. The number of carbonyl (C=O) groups excluding carboxylic acids is 2. The molecule has 4 aliphatic rings. The average molecular weight is 457 g/mol. The Kier molecular flexibility index (Phi) is 4.85. The molecule has 0 radical (unpaired) electrons. The lowest BCUT2D eigenvalue weighted by Crippen LogP contribution is -2.81. The van der Waals surface area contributed by atoms with Crippen LogP contribution in [0.2, 0.25) is 0 Å². The van der Waals surface area contributed by atoms with Gasteiger partial charge >= 0.3 is 11.9 Å². The molecule has 1 aliphatic carbocycles. The van der Waals surface area contributed by atoms with Crippen molar-refractivity contribution in [2.45, 2.75) is 55.9 Å². The van der Waals surface area contributed by atoms with Gasteiger partial charge in [-0.05, 0) is 31.0 Å². The van der Waals surface area contributed by atoms with Crippen LogP contribution >= 0.6 is 0 Å².